The van der Waals surface area contributed by atoms with Crippen LogP contribution < -0.4 is 0 Å². The zero-order chi connectivity index (χ0) is 16.2. The second-order valence-corrected chi connectivity index (χ2v) is 7.31. The number of halogens is 4. The number of hydrogen-bond donors (Lipinski definition) is 0. The summed E-state index contributed by atoms with van der Waals surface area (Å²) in [6.45, 7) is 1.04. The summed E-state index contributed by atoms with van der Waals surface area (Å²) < 4.78 is 50.3. The van der Waals surface area contributed by atoms with Gasteiger partial charge in [-0.1, -0.05) is 17.7 Å². The molecule has 0 aromatic carbocycles. The van der Waals surface area contributed by atoms with Crippen LogP contribution in [0.1, 0.15) is 4.88 Å². The van der Waals surface area contributed by atoms with Crippen LogP contribution in [0.25, 0.3) is 5.57 Å². The Morgan fingerprint density at radius 1 is 1.36 bits per heavy atom. The van der Waals surface area contributed by atoms with Gasteiger partial charge in [0.05, 0.1) is 28.4 Å². The summed E-state index contributed by atoms with van der Waals surface area (Å²) >= 11 is 8.23. The van der Waals surface area contributed by atoms with E-state index < -0.39 is 18.0 Å². The van der Waals surface area contributed by atoms with Crippen molar-refractivity contribution in [2.45, 2.75) is 17.7 Å². The minimum absolute atomic E-state index is 0.0788. The van der Waals surface area contributed by atoms with Crippen LogP contribution in [0.5, 0.6) is 0 Å². The van der Waals surface area contributed by atoms with Gasteiger partial charge in [-0.05, 0) is 30.5 Å². The Bertz CT molecular complexity index is 547. The number of alkyl halides is 3. The first-order valence-corrected chi connectivity index (χ1v) is 8.86. The maximum absolute atomic E-state index is 13.1. The van der Waals surface area contributed by atoms with Crippen LogP contribution in [-0.4, -0.2) is 37.2 Å². The van der Waals surface area contributed by atoms with Gasteiger partial charge in [0, 0.05) is 4.88 Å². The first-order chi connectivity index (χ1) is 10.4. The molecule has 0 bridgehead atoms. The zero-order valence-corrected chi connectivity index (χ0v) is 14.0. The van der Waals surface area contributed by atoms with E-state index in [0.717, 1.165) is 17.4 Å². The van der Waals surface area contributed by atoms with E-state index in [9.17, 15) is 13.2 Å². The fourth-order valence-corrected chi connectivity index (χ4v) is 3.28. The molecule has 2 nitrogen and oxygen atoms in total. The first kappa shape index (κ1) is 17.9. The van der Waals surface area contributed by atoms with E-state index in [-0.39, 0.29) is 10.1 Å². The van der Waals surface area contributed by atoms with Crippen molar-refractivity contribution >= 4 is 40.3 Å². The lowest BCUT2D eigenvalue weighted by molar-refractivity contribution is -0.146. The molecule has 2 heterocycles. The first-order valence-electron chi connectivity index (χ1n) is 6.37. The maximum atomic E-state index is 13.1. The van der Waals surface area contributed by atoms with Gasteiger partial charge in [0.1, 0.15) is 0 Å². The summed E-state index contributed by atoms with van der Waals surface area (Å²) in [5.41, 5.74) is -0.738. The zero-order valence-electron chi connectivity index (χ0n) is 11.6. The highest BCUT2D eigenvalue weighted by Crippen LogP contribution is 2.38. The highest BCUT2D eigenvalue weighted by Gasteiger charge is 2.35. The third kappa shape index (κ3) is 5.03. The number of thiophene rings is 1. The molecule has 1 aliphatic rings. The van der Waals surface area contributed by atoms with Crippen LogP contribution >= 0.6 is 34.7 Å². The molecule has 1 aromatic heterocycles. The largest absolute Gasteiger partial charge is 0.417 e. The maximum Gasteiger partial charge on any atom is 0.417 e. The molecule has 0 N–H and O–H groups in total. The van der Waals surface area contributed by atoms with Crippen molar-refractivity contribution < 1.29 is 22.6 Å². The van der Waals surface area contributed by atoms with Gasteiger partial charge in [-0.25, -0.2) is 0 Å². The van der Waals surface area contributed by atoms with Gasteiger partial charge < -0.3 is 9.47 Å². The third-order valence-corrected chi connectivity index (χ3v) is 5.10. The van der Waals surface area contributed by atoms with Crippen molar-refractivity contribution in [3.63, 3.8) is 0 Å². The smallest absolute Gasteiger partial charge is 0.348 e. The van der Waals surface area contributed by atoms with Crippen molar-refractivity contribution in [3.05, 3.63) is 39.6 Å². The predicted molar refractivity (Wildman–Crippen MR) is 85.5 cm³/mol. The minimum atomic E-state index is -4.45. The lowest BCUT2D eigenvalue weighted by Gasteiger charge is -2.26. The van der Waals surface area contributed by atoms with E-state index in [1.165, 1.54) is 24.3 Å². The topological polar surface area (TPSA) is 18.5 Å². The van der Waals surface area contributed by atoms with E-state index in [1.54, 1.807) is 11.8 Å². The van der Waals surface area contributed by atoms with Crippen LogP contribution in [0, 0.1) is 0 Å². The van der Waals surface area contributed by atoms with Gasteiger partial charge in [-0.15, -0.1) is 11.3 Å². The lowest BCUT2D eigenvalue weighted by Crippen LogP contribution is -2.32. The molecule has 1 fully saturated rings. The molecule has 0 aliphatic carbocycles. The summed E-state index contributed by atoms with van der Waals surface area (Å²) in [7, 11) is 0. The molecule has 0 unspecified atom stereocenters. The highest BCUT2D eigenvalue weighted by molar-refractivity contribution is 7.99. The fraction of sp³-hybridized carbons (Fsp3) is 0.429. The van der Waals surface area contributed by atoms with Gasteiger partial charge in [-0.3, -0.25) is 0 Å². The monoisotopic (exact) mass is 370 g/mol. The predicted octanol–water partition coefficient (Wildman–Crippen LogP) is 5.01. The lowest BCUT2D eigenvalue weighted by atomic mass is 10.2. The van der Waals surface area contributed by atoms with E-state index in [4.69, 9.17) is 21.1 Å². The molecule has 1 aliphatic heterocycles. The molecular formula is C14H14ClF3O2S2. The SMILES string of the molecule is CSC1COC(/C=C/C=C(\c2ccc(Cl)s2)C(F)(F)F)OC1. The molecule has 0 saturated carbocycles. The average molecular weight is 371 g/mol. The Morgan fingerprint density at radius 2 is 2.05 bits per heavy atom. The minimum Gasteiger partial charge on any atom is -0.348 e. The van der Waals surface area contributed by atoms with Gasteiger partial charge in [0.15, 0.2) is 6.29 Å². The van der Waals surface area contributed by atoms with Gasteiger partial charge >= 0.3 is 6.18 Å². The summed E-state index contributed by atoms with van der Waals surface area (Å²) in [5, 5.41) is 0.263. The Morgan fingerprint density at radius 3 is 2.55 bits per heavy atom. The average Bonchev–Trinajstić information content (AvgIpc) is 2.89. The highest BCUT2D eigenvalue weighted by atomic mass is 35.5. The quantitative estimate of drug-likeness (QED) is 0.694. The van der Waals surface area contributed by atoms with Crippen LogP contribution in [0.4, 0.5) is 13.2 Å². The van der Waals surface area contributed by atoms with E-state index in [1.807, 2.05) is 6.26 Å². The Hall–Kier alpha value is -0.470. The van der Waals surface area contributed by atoms with E-state index >= 15 is 0 Å². The Labute approximate surface area is 139 Å². The van der Waals surface area contributed by atoms with Crippen molar-refractivity contribution in [1.29, 1.82) is 0 Å². The van der Waals surface area contributed by atoms with Crippen molar-refractivity contribution in [2.75, 3.05) is 19.5 Å². The van der Waals surface area contributed by atoms with E-state index in [0.29, 0.717) is 17.6 Å². The molecule has 0 radical (unpaired) electrons. The summed E-state index contributed by atoms with van der Waals surface area (Å²) in [6.07, 6.45) is 0.684. The van der Waals surface area contributed by atoms with Crippen LogP contribution in [-0.2, 0) is 9.47 Å². The van der Waals surface area contributed by atoms with Crippen molar-refractivity contribution in [3.8, 4) is 0 Å². The number of thioether (sulfide) groups is 1. The number of ether oxygens (including phenoxy) is 2. The molecule has 1 saturated heterocycles. The summed E-state index contributed by atoms with van der Waals surface area (Å²) in [6, 6.07) is 2.80. The normalized spacial score (nSPS) is 24.1. The molecule has 1 aromatic rings. The molecule has 2 rings (SSSR count). The molecule has 122 valence electrons. The van der Waals surface area contributed by atoms with E-state index in [2.05, 4.69) is 0 Å². The summed E-state index contributed by atoms with van der Waals surface area (Å²) in [5.74, 6) is 0. The number of hydrogen-bond acceptors (Lipinski definition) is 4. The second-order valence-electron chi connectivity index (χ2n) is 4.46. The molecule has 8 heteroatoms. The van der Waals surface area contributed by atoms with Gasteiger partial charge in [0.2, 0.25) is 0 Å². The van der Waals surface area contributed by atoms with Crippen LogP contribution in [0.15, 0.2) is 30.4 Å². The Kier molecular flexibility index (Phi) is 6.40. The van der Waals surface area contributed by atoms with Crippen LogP contribution in [0.3, 0.4) is 0 Å². The summed E-state index contributed by atoms with van der Waals surface area (Å²) in [4.78, 5) is 0.0788. The fourth-order valence-electron chi connectivity index (χ4n) is 1.77. The molecule has 0 spiro atoms. The van der Waals surface area contributed by atoms with Crippen molar-refractivity contribution in [2.24, 2.45) is 0 Å². The third-order valence-electron chi connectivity index (χ3n) is 2.90. The molecule has 0 amide bonds. The molecular weight excluding hydrogens is 357 g/mol. The molecule has 22 heavy (non-hydrogen) atoms. The van der Waals surface area contributed by atoms with Gasteiger partial charge in [0.25, 0.3) is 0 Å². The second kappa shape index (κ2) is 7.88. The Balaban J connectivity index is 2.06. The van der Waals surface area contributed by atoms with Crippen molar-refractivity contribution in [1.82, 2.24) is 0 Å². The van der Waals surface area contributed by atoms with Crippen LogP contribution in [0.2, 0.25) is 4.34 Å². The standard InChI is InChI=1S/C14H14ClF3O2S2/c1-21-9-7-19-13(20-8-9)4-2-3-10(14(16,17)18)11-5-6-12(15)22-11/h2-6,9,13H,7-8H2,1H3/b4-2+,10-3+. The molecule has 0 atom stereocenters. The number of rotatable bonds is 4. The van der Waals surface area contributed by atoms with Gasteiger partial charge in [-0.2, -0.15) is 24.9 Å². The number of allylic oxidation sites excluding steroid dienone is 3.